The van der Waals surface area contributed by atoms with Crippen molar-refractivity contribution < 1.29 is 28.8 Å². The fourth-order valence-electron chi connectivity index (χ4n) is 4.89. The van der Waals surface area contributed by atoms with E-state index in [1.165, 1.54) is 29.3 Å². The molecule has 12 heteroatoms. The Morgan fingerprint density at radius 1 is 0.929 bits per heavy atom. The number of aliphatic carboxylic acids is 1. The van der Waals surface area contributed by atoms with Crippen molar-refractivity contribution in [3.63, 3.8) is 0 Å². The number of hydrogen-bond acceptors (Lipinski definition) is 5. The Kier molecular flexibility index (Phi) is 8.74. The second-order valence-corrected chi connectivity index (χ2v) is 11.2. The third kappa shape index (κ3) is 6.56. The van der Waals surface area contributed by atoms with Crippen LogP contribution >= 0.6 is 0 Å². The highest BCUT2D eigenvalue weighted by molar-refractivity contribution is 7.92. The highest BCUT2D eigenvalue weighted by Gasteiger charge is 2.33. The average Bonchev–Trinajstić information content (AvgIpc) is 3.50. The first-order chi connectivity index (χ1) is 20.3. The standard InChI is InChI=1S/C30H29N5O6S/c36-27(33-15-6-7-16-33)19-34-26-14-5-4-13-24(26)25(21-9-2-1-3-10-21)18-35(30(34)40)32-29(39)31-22-11-8-12-23(17-22)42(41)20-28(37)38/h1-5,8-14,17-18H,6-7,15-16,19-20H2,(H,37,38)(H2,31,32,39)/t42-/m1/s1. The van der Waals surface area contributed by atoms with Crippen LogP contribution in [0.5, 0.6) is 0 Å². The lowest BCUT2D eigenvalue weighted by Gasteiger charge is -2.28. The second-order valence-electron chi connectivity index (χ2n) is 9.73. The summed E-state index contributed by atoms with van der Waals surface area (Å²) in [5, 5.41) is 12.6. The van der Waals surface area contributed by atoms with Gasteiger partial charge in [0.1, 0.15) is 6.54 Å². The van der Waals surface area contributed by atoms with Crippen molar-refractivity contribution in [2.24, 2.45) is 0 Å². The number of fused-ring (bicyclic) bond motifs is 1. The SMILES string of the molecule is O=C(O)C[S@@+]([O-])c1cccc(NC(=O)NN2C=C(c3ccccc3)c3ccccc3N(CC(=O)N3CCCC3)C2=O)c1. The Balaban J connectivity index is 1.45. The summed E-state index contributed by atoms with van der Waals surface area (Å²) in [7, 11) is 0. The van der Waals surface area contributed by atoms with E-state index in [1.54, 1.807) is 23.1 Å². The molecule has 42 heavy (non-hydrogen) atoms. The number of hydrazine groups is 1. The summed E-state index contributed by atoms with van der Waals surface area (Å²) in [5.41, 5.74) is 5.51. The average molecular weight is 588 g/mol. The number of urea groups is 2. The van der Waals surface area contributed by atoms with Gasteiger partial charge in [-0.2, -0.15) is 0 Å². The summed E-state index contributed by atoms with van der Waals surface area (Å²) in [4.78, 5) is 54.6. The van der Waals surface area contributed by atoms with E-state index in [0.717, 1.165) is 23.4 Å². The summed E-state index contributed by atoms with van der Waals surface area (Å²) in [6.45, 7) is 1.07. The molecular weight excluding hydrogens is 558 g/mol. The molecule has 0 spiro atoms. The van der Waals surface area contributed by atoms with Crippen LogP contribution in [0, 0.1) is 0 Å². The minimum atomic E-state index is -1.80. The van der Waals surface area contributed by atoms with Gasteiger partial charge in [0.05, 0.1) is 5.69 Å². The molecular formula is C30H29N5O6S. The van der Waals surface area contributed by atoms with Crippen LogP contribution in [0.15, 0.2) is 90.0 Å². The molecule has 2 aliphatic rings. The van der Waals surface area contributed by atoms with Gasteiger partial charge in [-0.1, -0.05) is 54.6 Å². The zero-order chi connectivity index (χ0) is 29.6. The number of carboxylic acid groups (broad SMARTS) is 1. The van der Waals surface area contributed by atoms with Gasteiger partial charge < -0.3 is 19.9 Å². The molecule has 0 aliphatic carbocycles. The Hall–Kier alpha value is -4.81. The van der Waals surface area contributed by atoms with Gasteiger partial charge in [0.25, 0.3) is 0 Å². The van der Waals surface area contributed by atoms with Crippen LogP contribution in [0.3, 0.4) is 0 Å². The molecule has 0 unspecified atom stereocenters. The van der Waals surface area contributed by atoms with Gasteiger partial charge in [0, 0.05) is 42.2 Å². The zero-order valence-corrected chi connectivity index (χ0v) is 23.4. The molecule has 216 valence electrons. The van der Waals surface area contributed by atoms with E-state index in [9.17, 15) is 23.7 Å². The maximum atomic E-state index is 14.0. The summed E-state index contributed by atoms with van der Waals surface area (Å²) in [6, 6.07) is 21.2. The van der Waals surface area contributed by atoms with Crippen LogP contribution in [-0.2, 0) is 20.8 Å². The number of hydrogen-bond donors (Lipinski definition) is 3. The first-order valence-corrected chi connectivity index (χ1v) is 14.6. The van der Waals surface area contributed by atoms with Gasteiger partial charge in [0.15, 0.2) is 4.90 Å². The van der Waals surface area contributed by atoms with Crippen molar-refractivity contribution in [2.45, 2.75) is 17.7 Å². The highest BCUT2D eigenvalue weighted by atomic mass is 32.2. The maximum Gasteiger partial charge on any atom is 0.354 e. The predicted molar refractivity (Wildman–Crippen MR) is 158 cm³/mol. The summed E-state index contributed by atoms with van der Waals surface area (Å²) in [6.07, 6.45) is 3.35. The molecule has 0 saturated carbocycles. The van der Waals surface area contributed by atoms with Crippen molar-refractivity contribution in [3.05, 3.63) is 96.2 Å². The largest absolute Gasteiger partial charge is 0.611 e. The Morgan fingerprint density at radius 3 is 2.38 bits per heavy atom. The van der Waals surface area contributed by atoms with Crippen molar-refractivity contribution in [1.82, 2.24) is 15.3 Å². The number of para-hydroxylation sites is 1. The van der Waals surface area contributed by atoms with E-state index >= 15 is 0 Å². The van der Waals surface area contributed by atoms with Crippen LogP contribution in [0.1, 0.15) is 24.0 Å². The molecule has 3 N–H and O–H groups in total. The van der Waals surface area contributed by atoms with Gasteiger partial charge in [0.2, 0.25) is 11.7 Å². The van der Waals surface area contributed by atoms with Crippen LogP contribution in [0.4, 0.5) is 21.0 Å². The fourth-order valence-corrected chi connectivity index (χ4v) is 5.77. The van der Waals surface area contributed by atoms with Gasteiger partial charge in [-0.05, 0) is 47.8 Å². The molecule has 1 atom stereocenters. The highest BCUT2D eigenvalue weighted by Crippen LogP contribution is 2.35. The monoisotopic (exact) mass is 587 g/mol. The summed E-state index contributed by atoms with van der Waals surface area (Å²) >= 11 is -1.80. The molecule has 0 aromatic heterocycles. The topological polar surface area (TPSA) is 145 Å². The van der Waals surface area contributed by atoms with Crippen LogP contribution < -0.4 is 15.6 Å². The third-order valence-electron chi connectivity index (χ3n) is 6.85. The number of amides is 5. The Labute approximate surface area is 245 Å². The molecule has 0 bridgehead atoms. The van der Waals surface area contributed by atoms with Crippen molar-refractivity contribution in [1.29, 1.82) is 0 Å². The number of carbonyl (C=O) groups is 4. The van der Waals surface area contributed by atoms with E-state index in [-0.39, 0.29) is 23.0 Å². The number of likely N-dealkylation sites (tertiary alicyclic amines) is 1. The normalized spacial score (nSPS) is 15.4. The van der Waals surface area contributed by atoms with E-state index in [4.69, 9.17) is 5.11 Å². The second kappa shape index (κ2) is 12.8. The number of benzene rings is 3. The molecule has 0 radical (unpaired) electrons. The molecule has 5 amide bonds. The Bertz CT molecular complexity index is 1530. The number of nitrogens with zero attached hydrogens (tertiary/aromatic N) is 3. The Morgan fingerprint density at radius 2 is 1.64 bits per heavy atom. The molecule has 11 nitrogen and oxygen atoms in total. The zero-order valence-electron chi connectivity index (χ0n) is 22.6. The predicted octanol–water partition coefficient (Wildman–Crippen LogP) is 3.87. The van der Waals surface area contributed by atoms with Crippen molar-refractivity contribution in [3.8, 4) is 0 Å². The molecule has 2 aliphatic heterocycles. The number of rotatable bonds is 8. The third-order valence-corrected chi connectivity index (χ3v) is 8.14. The number of carboxylic acids is 1. The van der Waals surface area contributed by atoms with Crippen LogP contribution in [0.25, 0.3) is 5.57 Å². The first-order valence-electron chi connectivity index (χ1n) is 13.3. The van der Waals surface area contributed by atoms with Gasteiger partial charge in [-0.25, -0.2) is 24.8 Å². The summed E-state index contributed by atoms with van der Waals surface area (Å²) < 4.78 is 12.3. The van der Waals surface area contributed by atoms with Gasteiger partial charge in [-0.3, -0.25) is 9.69 Å². The molecule has 1 fully saturated rings. The molecule has 5 rings (SSSR count). The number of carbonyl (C=O) groups excluding carboxylic acids is 3. The number of anilines is 2. The van der Waals surface area contributed by atoms with Gasteiger partial charge in [-0.15, -0.1) is 0 Å². The van der Waals surface area contributed by atoms with Crippen LogP contribution in [-0.4, -0.2) is 68.9 Å². The lowest BCUT2D eigenvalue weighted by Crippen LogP contribution is -2.52. The van der Waals surface area contributed by atoms with E-state index < -0.39 is 35.0 Å². The minimum absolute atomic E-state index is 0.186. The lowest BCUT2D eigenvalue weighted by molar-refractivity contribution is -0.134. The molecule has 1 saturated heterocycles. The van der Waals surface area contributed by atoms with E-state index in [2.05, 4.69) is 10.7 Å². The van der Waals surface area contributed by atoms with Crippen molar-refractivity contribution >= 4 is 52.1 Å². The van der Waals surface area contributed by atoms with Gasteiger partial charge >= 0.3 is 18.0 Å². The lowest BCUT2D eigenvalue weighted by atomic mass is 9.97. The quantitative estimate of drug-likeness (QED) is 0.341. The molecule has 2 heterocycles. The minimum Gasteiger partial charge on any atom is -0.611 e. The van der Waals surface area contributed by atoms with Crippen LogP contribution in [0.2, 0.25) is 0 Å². The maximum absolute atomic E-state index is 14.0. The first kappa shape index (κ1) is 28.7. The van der Waals surface area contributed by atoms with E-state index in [0.29, 0.717) is 29.9 Å². The fraction of sp³-hybridized carbons (Fsp3) is 0.200. The molecule has 3 aromatic rings. The summed E-state index contributed by atoms with van der Waals surface area (Å²) in [5.74, 6) is -1.97. The van der Waals surface area contributed by atoms with Crippen molar-refractivity contribution in [2.75, 3.05) is 35.6 Å². The number of nitrogens with one attached hydrogen (secondary N) is 2. The molecule has 3 aromatic carbocycles. The van der Waals surface area contributed by atoms with E-state index in [1.807, 2.05) is 42.5 Å². The smallest absolute Gasteiger partial charge is 0.354 e.